The lowest BCUT2D eigenvalue weighted by molar-refractivity contribution is 0.198. The van der Waals surface area contributed by atoms with Crippen molar-refractivity contribution in [3.05, 3.63) is 38.5 Å². The summed E-state index contributed by atoms with van der Waals surface area (Å²) in [5.41, 5.74) is 8.03. The van der Waals surface area contributed by atoms with Gasteiger partial charge in [-0.1, -0.05) is 0 Å². The molecule has 1 unspecified atom stereocenters. The lowest BCUT2D eigenvalue weighted by atomic mass is 10.1. The Morgan fingerprint density at radius 3 is 2.84 bits per heavy atom. The maximum Gasteiger partial charge on any atom is 0.115 e. The van der Waals surface area contributed by atoms with Gasteiger partial charge in [0.25, 0.3) is 0 Å². The van der Waals surface area contributed by atoms with Gasteiger partial charge < -0.3 is 11.1 Å². The van der Waals surface area contributed by atoms with Gasteiger partial charge in [-0.25, -0.2) is 4.98 Å². The van der Waals surface area contributed by atoms with Gasteiger partial charge in [-0.2, -0.15) is 11.3 Å². The van der Waals surface area contributed by atoms with Gasteiger partial charge in [0.1, 0.15) is 5.01 Å². The van der Waals surface area contributed by atoms with Gasteiger partial charge >= 0.3 is 0 Å². The quantitative estimate of drug-likeness (QED) is 0.900. The molecular weight excluding hydrogens is 276 g/mol. The maximum atomic E-state index is 5.68. The Hall–Kier alpha value is -0.790. The monoisotopic (exact) mass is 294 g/mol. The number of piperazine rings is 1. The minimum atomic E-state index is 0.290. The normalized spacial score (nSPS) is 18.6. The van der Waals surface area contributed by atoms with Crippen molar-refractivity contribution in [2.75, 3.05) is 26.2 Å². The van der Waals surface area contributed by atoms with Crippen LogP contribution in [0.2, 0.25) is 0 Å². The lowest BCUT2D eigenvalue weighted by Crippen LogP contribution is -2.45. The summed E-state index contributed by atoms with van der Waals surface area (Å²) in [4.78, 5) is 7.21. The maximum absolute atomic E-state index is 5.68. The minimum Gasteiger partial charge on any atom is -0.325 e. The molecule has 1 aliphatic rings. The van der Waals surface area contributed by atoms with E-state index in [9.17, 15) is 0 Å². The van der Waals surface area contributed by atoms with Crippen molar-refractivity contribution >= 4 is 22.7 Å². The van der Waals surface area contributed by atoms with Crippen molar-refractivity contribution in [2.24, 2.45) is 5.73 Å². The van der Waals surface area contributed by atoms with Crippen molar-refractivity contribution < 1.29 is 0 Å². The second-order valence-corrected chi connectivity index (χ2v) is 6.30. The smallest absolute Gasteiger partial charge is 0.115 e. The summed E-state index contributed by atoms with van der Waals surface area (Å²) < 4.78 is 0. The van der Waals surface area contributed by atoms with E-state index in [0.717, 1.165) is 31.9 Å². The number of rotatable bonds is 4. The predicted molar refractivity (Wildman–Crippen MR) is 80.6 cm³/mol. The van der Waals surface area contributed by atoms with Crippen LogP contribution >= 0.6 is 22.7 Å². The number of hydrogen-bond donors (Lipinski definition) is 2. The molecule has 3 rings (SSSR count). The zero-order valence-electron chi connectivity index (χ0n) is 10.7. The first-order valence-electron chi connectivity index (χ1n) is 6.49. The van der Waals surface area contributed by atoms with Crippen LogP contribution in [0, 0.1) is 0 Å². The van der Waals surface area contributed by atoms with E-state index in [1.165, 1.54) is 10.6 Å². The molecule has 102 valence electrons. The highest BCUT2D eigenvalue weighted by molar-refractivity contribution is 7.10. The van der Waals surface area contributed by atoms with E-state index in [4.69, 9.17) is 10.7 Å². The molecule has 0 aliphatic carbocycles. The van der Waals surface area contributed by atoms with E-state index in [1.54, 1.807) is 22.7 Å². The first-order valence-corrected chi connectivity index (χ1v) is 8.32. The number of hydrogen-bond acceptors (Lipinski definition) is 6. The Morgan fingerprint density at radius 1 is 1.37 bits per heavy atom. The fourth-order valence-electron chi connectivity index (χ4n) is 2.42. The molecule has 2 aromatic heterocycles. The third-order valence-corrected chi connectivity index (χ3v) is 5.04. The van der Waals surface area contributed by atoms with Crippen LogP contribution in [0.4, 0.5) is 0 Å². The molecule has 3 heterocycles. The standard InChI is InChI=1S/C13H18N4S2/c14-7-11-9-19-13(16-11)12(10-1-6-18-8-10)17-4-2-15-3-5-17/h1,6,8-9,12,15H,2-5,7,14H2. The molecule has 2 aromatic rings. The van der Waals surface area contributed by atoms with E-state index in [2.05, 4.69) is 32.4 Å². The highest BCUT2D eigenvalue weighted by atomic mass is 32.1. The topological polar surface area (TPSA) is 54.2 Å². The van der Waals surface area contributed by atoms with Crippen LogP contribution in [0.3, 0.4) is 0 Å². The molecule has 0 spiro atoms. The van der Waals surface area contributed by atoms with E-state index >= 15 is 0 Å². The number of thiophene rings is 1. The van der Waals surface area contributed by atoms with Gasteiger partial charge in [-0.05, 0) is 22.4 Å². The van der Waals surface area contributed by atoms with Crippen molar-refractivity contribution in [3.8, 4) is 0 Å². The second kappa shape index (κ2) is 6.11. The molecule has 0 bridgehead atoms. The van der Waals surface area contributed by atoms with Gasteiger partial charge in [0.15, 0.2) is 0 Å². The molecule has 1 atom stereocenters. The molecule has 3 N–H and O–H groups in total. The molecular formula is C13H18N4S2. The zero-order valence-corrected chi connectivity index (χ0v) is 12.3. The summed E-state index contributed by atoms with van der Waals surface area (Å²) in [6.07, 6.45) is 0. The van der Waals surface area contributed by atoms with Crippen LogP contribution in [0.25, 0.3) is 0 Å². The number of thiazole rings is 1. The van der Waals surface area contributed by atoms with Crippen LogP contribution in [0.5, 0.6) is 0 Å². The molecule has 4 nitrogen and oxygen atoms in total. The average molecular weight is 294 g/mol. The zero-order chi connectivity index (χ0) is 13.1. The van der Waals surface area contributed by atoms with E-state index in [1.807, 2.05) is 0 Å². The fraction of sp³-hybridized carbons (Fsp3) is 0.462. The van der Waals surface area contributed by atoms with Crippen LogP contribution in [0.15, 0.2) is 22.2 Å². The Bertz CT molecular complexity index is 502. The Labute approximate surface area is 121 Å². The van der Waals surface area contributed by atoms with Gasteiger partial charge in [0, 0.05) is 38.1 Å². The second-order valence-electron chi connectivity index (χ2n) is 4.63. The van der Waals surface area contributed by atoms with Gasteiger partial charge in [-0.3, -0.25) is 4.90 Å². The van der Waals surface area contributed by atoms with Gasteiger partial charge in [0.2, 0.25) is 0 Å². The summed E-state index contributed by atoms with van der Waals surface area (Å²) in [6, 6.07) is 2.50. The number of nitrogens with zero attached hydrogens (tertiary/aromatic N) is 2. The summed E-state index contributed by atoms with van der Waals surface area (Å²) in [6.45, 7) is 4.76. The molecule has 0 aromatic carbocycles. The molecule has 1 aliphatic heterocycles. The highest BCUT2D eigenvalue weighted by Crippen LogP contribution is 2.32. The predicted octanol–water partition coefficient (Wildman–Crippen LogP) is 1.66. The number of nitrogens with one attached hydrogen (secondary N) is 1. The summed E-state index contributed by atoms with van der Waals surface area (Å²) in [5, 5.41) is 11.0. The fourth-order valence-corrected chi connectivity index (χ4v) is 4.09. The molecule has 0 amide bonds. The Balaban J connectivity index is 1.91. The third kappa shape index (κ3) is 2.88. The van der Waals surface area contributed by atoms with E-state index in [0.29, 0.717) is 12.6 Å². The lowest BCUT2D eigenvalue weighted by Gasteiger charge is -2.33. The van der Waals surface area contributed by atoms with Crippen LogP contribution in [-0.4, -0.2) is 36.1 Å². The molecule has 1 saturated heterocycles. The average Bonchev–Trinajstić information content (AvgIpc) is 3.12. The van der Waals surface area contributed by atoms with Gasteiger partial charge in [-0.15, -0.1) is 11.3 Å². The molecule has 6 heteroatoms. The first kappa shape index (κ1) is 13.2. The molecule has 19 heavy (non-hydrogen) atoms. The summed E-state index contributed by atoms with van der Waals surface area (Å²) in [7, 11) is 0. The van der Waals surface area contributed by atoms with Crippen LogP contribution < -0.4 is 11.1 Å². The van der Waals surface area contributed by atoms with Crippen LogP contribution in [0.1, 0.15) is 22.3 Å². The van der Waals surface area contributed by atoms with Gasteiger partial charge in [0.05, 0.1) is 11.7 Å². The van der Waals surface area contributed by atoms with Crippen molar-refractivity contribution in [1.82, 2.24) is 15.2 Å². The SMILES string of the molecule is NCc1csc(C(c2ccsc2)N2CCNCC2)n1. The number of aromatic nitrogens is 1. The van der Waals surface area contributed by atoms with Crippen molar-refractivity contribution in [1.29, 1.82) is 0 Å². The first-order chi connectivity index (χ1) is 9.38. The molecule has 0 radical (unpaired) electrons. The largest absolute Gasteiger partial charge is 0.325 e. The van der Waals surface area contributed by atoms with E-state index in [-0.39, 0.29) is 0 Å². The van der Waals surface area contributed by atoms with Crippen molar-refractivity contribution in [2.45, 2.75) is 12.6 Å². The number of nitrogens with two attached hydrogens (primary N) is 1. The highest BCUT2D eigenvalue weighted by Gasteiger charge is 2.26. The third-order valence-electron chi connectivity index (χ3n) is 3.39. The molecule has 1 fully saturated rings. The van der Waals surface area contributed by atoms with Crippen molar-refractivity contribution in [3.63, 3.8) is 0 Å². The van der Waals surface area contributed by atoms with Crippen LogP contribution in [-0.2, 0) is 6.54 Å². The summed E-state index contributed by atoms with van der Waals surface area (Å²) in [5.74, 6) is 0. The Kier molecular flexibility index (Phi) is 4.24. The summed E-state index contributed by atoms with van der Waals surface area (Å²) >= 11 is 3.47. The van der Waals surface area contributed by atoms with E-state index < -0.39 is 0 Å². The Morgan fingerprint density at radius 2 is 2.21 bits per heavy atom. The minimum absolute atomic E-state index is 0.290. The molecule has 0 saturated carbocycles.